The second kappa shape index (κ2) is 7.72. The van der Waals surface area contributed by atoms with Crippen LogP contribution in [0.3, 0.4) is 0 Å². The van der Waals surface area contributed by atoms with E-state index in [4.69, 9.17) is 0 Å². The van der Waals surface area contributed by atoms with Crippen LogP contribution >= 0.6 is 0 Å². The summed E-state index contributed by atoms with van der Waals surface area (Å²) in [6.07, 6.45) is 2.36. The Bertz CT molecular complexity index is 998. The average molecular weight is 354 g/mol. The maximum atomic E-state index is 12.8. The highest BCUT2D eigenvalue weighted by Crippen LogP contribution is 2.19. The van der Waals surface area contributed by atoms with Gasteiger partial charge in [0.2, 0.25) is 0 Å². The summed E-state index contributed by atoms with van der Waals surface area (Å²) in [6.45, 7) is 7.03. The minimum Gasteiger partial charge on any atom is -0.336 e. The number of imidazole rings is 1. The van der Waals surface area contributed by atoms with Crippen molar-refractivity contribution >= 4 is 11.2 Å². The summed E-state index contributed by atoms with van der Waals surface area (Å²) in [6, 6.07) is 10.2. The summed E-state index contributed by atoms with van der Waals surface area (Å²) < 4.78 is 2.95. The molecule has 3 rings (SSSR count). The molecular formula is C20H26N4O2. The predicted molar refractivity (Wildman–Crippen MR) is 104 cm³/mol. The van der Waals surface area contributed by atoms with E-state index in [2.05, 4.69) is 29.0 Å². The molecule has 0 aliphatic carbocycles. The van der Waals surface area contributed by atoms with Crippen LogP contribution in [0.25, 0.3) is 11.2 Å². The molecule has 0 spiro atoms. The Balaban J connectivity index is 2.09. The zero-order valence-electron chi connectivity index (χ0n) is 15.7. The molecule has 138 valence electrons. The van der Waals surface area contributed by atoms with Gasteiger partial charge in [0, 0.05) is 19.0 Å². The van der Waals surface area contributed by atoms with E-state index in [9.17, 15) is 9.59 Å². The number of hydrogen-bond donors (Lipinski definition) is 1. The van der Waals surface area contributed by atoms with Crippen molar-refractivity contribution in [2.45, 2.75) is 59.0 Å². The predicted octanol–water partition coefficient (Wildman–Crippen LogP) is 3.05. The molecule has 2 heterocycles. The number of nitrogens with zero attached hydrogens (tertiary/aromatic N) is 3. The number of hydrogen-bond acceptors (Lipinski definition) is 3. The van der Waals surface area contributed by atoms with Gasteiger partial charge in [-0.3, -0.25) is 13.9 Å². The number of rotatable bonds is 7. The fraction of sp³-hybridized carbons (Fsp3) is 0.450. The normalized spacial score (nSPS) is 12.6. The highest BCUT2D eigenvalue weighted by atomic mass is 16.2. The lowest BCUT2D eigenvalue weighted by Gasteiger charge is -2.09. The molecule has 3 aromatic rings. The first-order valence-electron chi connectivity index (χ1n) is 9.34. The lowest BCUT2D eigenvalue weighted by Crippen LogP contribution is -2.40. The maximum absolute atomic E-state index is 12.8. The lowest BCUT2D eigenvalue weighted by molar-refractivity contribution is 0.555. The van der Waals surface area contributed by atoms with Gasteiger partial charge in [-0.2, -0.15) is 0 Å². The molecular weight excluding hydrogens is 328 g/mol. The van der Waals surface area contributed by atoms with E-state index < -0.39 is 0 Å². The third-order valence-corrected chi connectivity index (χ3v) is 4.63. The number of H-pyrrole nitrogens is 1. The van der Waals surface area contributed by atoms with Crippen LogP contribution in [0.15, 0.2) is 39.9 Å². The summed E-state index contributed by atoms with van der Waals surface area (Å²) >= 11 is 0. The van der Waals surface area contributed by atoms with E-state index in [1.165, 1.54) is 10.1 Å². The van der Waals surface area contributed by atoms with Gasteiger partial charge in [-0.25, -0.2) is 9.78 Å². The molecule has 0 aliphatic rings. The number of aryl methyl sites for hydroxylation is 1. The SMILES string of the molecule is CCCn1c(=O)c2[nH]c([C@H](C)Cc3ccccc3)nc2n(CCC)c1=O. The van der Waals surface area contributed by atoms with Crippen LogP contribution in [-0.2, 0) is 19.5 Å². The summed E-state index contributed by atoms with van der Waals surface area (Å²) in [5.74, 6) is 0.869. The van der Waals surface area contributed by atoms with Gasteiger partial charge in [-0.1, -0.05) is 51.1 Å². The number of fused-ring (bicyclic) bond motifs is 1. The van der Waals surface area contributed by atoms with Gasteiger partial charge in [0.15, 0.2) is 5.65 Å². The Kier molecular flexibility index (Phi) is 5.40. The third-order valence-electron chi connectivity index (χ3n) is 4.63. The Labute approximate surface area is 152 Å². The van der Waals surface area contributed by atoms with E-state index in [0.29, 0.717) is 24.3 Å². The Morgan fingerprint density at radius 3 is 2.35 bits per heavy atom. The summed E-state index contributed by atoms with van der Waals surface area (Å²) in [5.41, 5.74) is 1.59. The second-order valence-electron chi connectivity index (χ2n) is 6.80. The summed E-state index contributed by atoms with van der Waals surface area (Å²) in [7, 11) is 0. The number of aromatic nitrogens is 4. The molecule has 0 radical (unpaired) electrons. The summed E-state index contributed by atoms with van der Waals surface area (Å²) in [5, 5.41) is 0. The van der Waals surface area contributed by atoms with E-state index in [1.807, 2.05) is 32.0 Å². The first-order chi connectivity index (χ1) is 12.6. The largest absolute Gasteiger partial charge is 0.336 e. The van der Waals surface area contributed by atoms with E-state index in [-0.39, 0.29) is 17.2 Å². The number of aromatic amines is 1. The van der Waals surface area contributed by atoms with Crippen molar-refractivity contribution in [3.8, 4) is 0 Å². The van der Waals surface area contributed by atoms with Crippen LogP contribution in [0.5, 0.6) is 0 Å². The highest BCUT2D eigenvalue weighted by Gasteiger charge is 2.19. The minimum atomic E-state index is -0.273. The topological polar surface area (TPSA) is 72.7 Å². The molecule has 6 heteroatoms. The van der Waals surface area contributed by atoms with E-state index in [0.717, 1.165) is 25.1 Å². The average Bonchev–Trinajstić information content (AvgIpc) is 3.09. The zero-order valence-corrected chi connectivity index (χ0v) is 15.7. The molecule has 6 nitrogen and oxygen atoms in total. The van der Waals surface area contributed by atoms with Crippen molar-refractivity contribution in [2.24, 2.45) is 0 Å². The molecule has 1 atom stereocenters. The van der Waals surface area contributed by atoms with E-state index >= 15 is 0 Å². The van der Waals surface area contributed by atoms with Gasteiger partial charge >= 0.3 is 5.69 Å². The Morgan fingerprint density at radius 2 is 1.69 bits per heavy atom. The molecule has 0 amide bonds. The monoisotopic (exact) mass is 354 g/mol. The first kappa shape index (κ1) is 18.2. The quantitative estimate of drug-likeness (QED) is 0.709. The molecule has 1 aromatic carbocycles. The molecule has 0 fully saturated rings. The summed E-state index contributed by atoms with van der Waals surface area (Å²) in [4.78, 5) is 33.3. The smallest absolute Gasteiger partial charge is 0.332 e. The molecule has 0 aliphatic heterocycles. The highest BCUT2D eigenvalue weighted by molar-refractivity contribution is 5.70. The number of benzene rings is 1. The van der Waals surface area contributed by atoms with Crippen LogP contribution in [0.1, 0.15) is 50.9 Å². The molecule has 26 heavy (non-hydrogen) atoms. The van der Waals surface area contributed by atoms with Crippen molar-refractivity contribution in [3.63, 3.8) is 0 Å². The van der Waals surface area contributed by atoms with Crippen LogP contribution < -0.4 is 11.2 Å². The van der Waals surface area contributed by atoms with Crippen molar-refractivity contribution in [2.75, 3.05) is 0 Å². The fourth-order valence-electron chi connectivity index (χ4n) is 3.33. The Hall–Kier alpha value is -2.63. The third kappa shape index (κ3) is 3.36. The lowest BCUT2D eigenvalue weighted by atomic mass is 10.0. The minimum absolute atomic E-state index is 0.119. The van der Waals surface area contributed by atoms with Crippen molar-refractivity contribution in [3.05, 3.63) is 62.6 Å². The number of nitrogens with one attached hydrogen (secondary N) is 1. The standard InChI is InChI=1S/C20H26N4O2/c1-4-11-23-18-16(19(25)24(12-5-2)20(23)26)21-17(22-18)14(3)13-15-9-7-6-8-10-15/h6-10,14H,4-5,11-13H2,1-3H3,(H,21,22)/t14-/m1/s1. The van der Waals surface area contributed by atoms with Gasteiger partial charge < -0.3 is 4.98 Å². The van der Waals surface area contributed by atoms with Gasteiger partial charge in [0.25, 0.3) is 5.56 Å². The van der Waals surface area contributed by atoms with E-state index in [1.54, 1.807) is 4.57 Å². The molecule has 0 saturated heterocycles. The molecule has 0 saturated carbocycles. The van der Waals surface area contributed by atoms with Crippen molar-refractivity contribution in [1.82, 2.24) is 19.1 Å². The van der Waals surface area contributed by atoms with Gasteiger partial charge in [0.05, 0.1) is 0 Å². The molecule has 0 bridgehead atoms. The molecule has 0 unspecified atom stereocenters. The van der Waals surface area contributed by atoms with Crippen LogP contribution in [0.4, 0.5) is 0 Å². The molecule has 1 N–H and O–H groups in total. The van der Waals surface area contributed by atoms with Gasteiger partial charge in [-0.05, 0) is 24.8 Å². The van der Waals surface area contributed by atoms with Gasteiger partial charge in [0.1, 0.15) is 11.3 Å². The second-order valence-corrected chi connectivity index (χ2v) is 6.80. The van der Waals surface area contributed by atoms with Crippen LogP contribution in [0.2, 0.25) is 0 Å². The fourth-order valence-corrected chi connectivity index (χ4v) is 3.33. The zero-order chi connectivity index (χ0) is 18.7. The van der Waals surface area contributed by atoms with Crippen LogP contribution in [-0.4, -0.2) is 19.1 Å². The van der Waals surface area contributed by atoms with Gasteiger partial charge in [-0.15, -0.1) is 0 Å². The van der Waals surface area contributed by atoms with Crippen LogP contribution in [0, 0.1) is 0 Å². The first-order valence-corrected chi connectivity index (χ1v) is 9.34. The van der Waals surface area contributed by atoms with Crippen molar-refractivity contribution < 1.29 is 0 Å². The van der Waals surface area contributed by atoms with Crippen molar-refractivity contribution in [1.29, 1.82) is 0 Å². The Morgan fingerprint density at radius 1 is 1.04 bits per heavy atom. The molecule has 2 aromatic heterocycles. The maximum Gasteiger partial charge on any atom is 0.332 e.